The number of allylic oxidation sites excluding steroid dienone is 1. The zero-order chi connectivity index (χ0) is 10.7. The Kier molecular flexibility index (Phi) is 3.12. The third-order valence-corrected chi connectivity index (χ3v) is 2.29. The molecule has 14 heavy (non-hydrogen) atoms. The highest BCUT2D eigenvalue weighted by Gasteiger charge is 2.14. The van der Waals surface area contributed by atoms with Gasteiger partial charge in [-0.25, -0.2) is 4.79 Å². The van der Waals surface area contributed by atoms with Crippen molar-refractivity contribution in [2.75, 3.05) is 7.11 Å². The molecule has 0 unspecified atom stereocenters. The summed E-state index contributed by atoms with van der Waals surface area (Å²) < 4.78 is 6.71. The van der Waals surface area contributed by atoms with E-state index in [4.69, 9.17) is 0 Å². The van der Waals surface area contributed by atoms with Gasteiger partial charge in [0.05, 0.1) is 12.7 Å². The molecule has 0 aliphatic carbocycles. The SMILES string of the molecule is C=CCn1c(C)cc(C(=O)OC)c1C. The van der Waals surface area contributed by atoms with Gasteiger partial charge in [-0.3, -0.25) is 0 Å². The minimum atomic E-state index is -0.284. The number of hydrogen-bond acceptors (Lipinski definition) is 2. The monoisotopic (exact) mass is 193 g/mol. The van der Waals surface area contributed by atoms with Crippen LogP contribution in [0.5, 0.6) is 0 Å². The highest BCUT2D eigenvalue weighted by atomic mass is 16.5. The Morgan fingerprint density at radius 2 is 2.29 bits per heavy atom. The molecule has 0 bridgehead atoms. The average Bonchev–Trinajstić information content (AvgIpc) is 2.45. The van der Waals surface area contributed by atoms with Crippen molar-refractivity contribution in [2.24, 2.45) is 0 Å². The summed E-state index contributed by atoms with van der Waals surface area (Å²) in [4.78, 5) is 11.3. The van der Waals surface area contributed by atoms with Crippen LogP contribution < -0.4 is 0 Å². The number of aryl methyl sites for hydroxylation is 1. The van der Waals surface area contributed by atoms with Crippen molar-refractivity contribution in [3.05, 3.63) is 35.7 Å². The molecule has 76 valence electrons. The Bertz CT molecular complexity index is 364. The van der Waals surface area contributed by atoms with E-state index in [2.05, 4.69) is 11.3 Å². The summed E-state index contributed by atoms with van der Waals surface area (Å²) in [5.74, 6) is -0.284. The van der Waals surface area contributed by atoms with Gasteiger partial charge in [0.25, 0.3) is 0 Å². The Labute approximate surface area is 84.0 Å². The molecule has 0 amide bonds. The smallest absolute Gasteiger partial charge is 0.339 e. The molecule has 3 nitrogen and oxygen atoms in total. The van der Waals surface area contributed by atoms with Crippen LogP contribution in [0.1, 0.15) is 21.7 Å². The van der Waals surface area contributed by atoms with E-state index in [9.17, 15) is 4.79 Å². The van der Waals surface area contributed by atoms with Crippen LogP contribution in [-0.2, 0) is 11.3 Å². The standard InChI is InChI=1S/C11H15NO2/c1-5-6-12-8(2)7-10(9(12)3)11(13)14-4/h5,7H,1,6H2,2-4H3. The Hall–Kier alpha value is -1.51. The maximum atomic E-state index is 11.3. The molecule has 1 heterocycles. The number of ether oxygens (including phenoxy) is 1. The van der Waals surface area contributed by atoms with E-state index in [1.807, 2.05) is 24.5 Å². The zero-order valence-electron chi connectivity index (χ0n) is 8.83. The van der Waals surface area contributed by atoms with E-state index in [-0.39, 0.29) is 5.97 Å². The van der Waals surface area contributed by atoms with Crippen LogP contribution in [0, 0.1) is 13.8 Å². The second-order valence-corrected chi connectivity index (χ2v) is 3.18. The van der Waals surface area contributed by atoms with Gasteiger partial charge in [0.2, 0.25) is 0 Å². The molecule has 1 rings (SSSR count). The van der Waals surface area contributed by atoms with Crippen LogP contribution in [0.15, 0.2) is 18.7 Å². The van der Waals surface area contributed by atoms with E-state index in [0.29, 0.717) is 12.1 Å². The third-order valence-electron chi connectivity index (χ3n) is 2.29. The number of aromatic nitrogens is 1. The van der Waals surface area contributed by atoms with E-state index in [1.54, 1.807) is 6.08 Å². The normalized spacial score (nSPS) is 9.93. The summed E-state index contributed by atoms with van der Waals surface area (Å²) in [7, 11) is 1.39. The van der Waals surface area contributed by atoms with Gasteiger partial charge in [-0.15, -0.1) is 6.58 Å². The highest BCUT2D eigenvalue weighted by molar-refractivity contribution is 5.91. The molecule has 0 aliphatic heterocycles. The van der Waals surface area contributed by atoms with Gasteiger partial charge >= 0.3 is 5.97 Å². The number of carbonyl (C=O) groups is 1. The lowest BCUT2D eigenvalue weighted by Crippen LogP contribution is -2.05. The Morgan fingerprint density at radius 1 is 1.64 bits per heavy atom. The average molecular weight is 193 g/mol. The third kappa shape index (κ3) is 1.71. The Morgan fingerprint density at radius 3 is 2.79 bits per heavy atom. The topological polar surface area (TPSA) is 31.2 Å². The Balaban J connectivity index is 3.16. The lowest BCUT2D eigenvalue weighted by atomic mass is 10.2. The first-order chi connectivity index (χ1) is 6.61. The molecule has 1 aromatic heterocycles. The molecule has 0 aromatic carbocycles. The van der Waals surface area contributed by atoms with Gasteiger partial charge in [0.1, 0.15) is 0 Å². The molecule has 0 saturated heterocycles. The summed E-state index contributed by atoms with van der Waals surface area (Å²) >= 11 is 0. The van der Waals surface area contributed by atoms with Gasteiger partial charge in [0.15, 0.2) is 0 Å². The fourth-order valence-corrected chi connectivity index (χ4v) is 1.53. The van der Waals surface area contributed by atoms with Gasteiger partial charge in [-0.1, -0.05) is 6.08 Å². The van der Waals surface area contributed by atoms with Crippen LogP contribution >= 0.6 is 0 Å². The molecule has 0 N–H and O–H groups in total. The molecular weight excluding hydrogens is 178 g/mol. The first-order valence-electron chi connectivity index (χ1n) is 4.47. The largest absolute Gasteiger partial charge is 0.465 e. The molecule has 0 atom stereocenters. The molecule has 0 aliphatic rings. The highest BCUT2D eigenvalue weighted by Crippen LogP contribution is 2.15. The molecule has 0 fully saturated rings. The number of esters is 1. The lowest BCUT2D eigenvalue weighted by Gasteiger charge is -2.05. The predicted octanol–water partition coefficient (Wildman–Crippen LogP) is 2.08. The lowest BCUT2D eigenvalue weighted by molar-refractivity contribution is 0.0600. The molecule has 0 radical (unpaired) electrons. The van der Waals surface area contributed by atoms with Crippen LogP contribution in [-0.4, -0.2) is 17.6 Å². The van der Waals surface area contributed by atoms with Crippen molar-refractivity contribution in [1.29, 1.82) is 0 Å². The number of nitrogens with zero attached hydrogens (tertiary/aromatic N) is 1. The maximum Gasteiger partial charge on any atom is 0.339 e. The molecular formula is C11H15NO2. The van der Waals surface area contributed by atoms with Crippen LogP contribution in [0.3, 0.4) is 0 Å². The van der Waals surface area contributed by atoms with Crippen molar-refractivity contribution in [1.82, 2.24) is 4.57 Å². The first-order valence-corrected chi connectivity index (χ1v) is 4.47. The molecule has 3 heteroatoms. The van der Waals surface area contributed by atoms with Crippen LogP contribution in [0.2, 0.25) is 0 Å². The first kappa shape index (κ1) is 10.6. The molecule has 0 spiro atoms. The van der Waals surface area contributed by atoms with Gasteiger partial charge < -0.3 is 9.30 Å². The van der Waals surface area contributed by atoms with E-state index in [0.717, 1.165) is 11.4 Å². The van der Waals surface area contributed by atoms with Crippen molar-refractivity contribution < 1.29 is 9.53 Å². The van der Waals surface area contributed by atoms with Crippen molar-refractivity contribution in [2.45, 2.75) is 20.4 Å². The maximum absolute atomic E-state index is 11.3. The number of carbonyl (C=O) groups excluding carboxylic acids is 1. The minimum Gasteiger partial charge on any atom is -0.465 e. The fourth-order valence-electron chi connectivity index (χ4n) is 1.53. The van der Waals surface area contributed by atoms with E-state index >= 15 is 0 Å². The fraction of sp³-hybridized carbons (Fsp3) is 0.364. The van der Waals surface area contributed by atoms with Crippen LogP contribution in [0.4, 0.5) is 0 Å². The summed E-state index contributed by atoms with van der Waals surface area (Å²) in [5, 5.41) is 0. The van der Waals surface area contributed by atoms with Gasteiger partial charge in [0, 0.05) is 17.9 Å². The van der Waals surface area contributed by atoms with E-state index < -0.39 is 0 Å². The van der Waals surface area contributed by atoms with E-state index in [1.165, 1.54) is 7.11 Å². The summed E-state index contributed by atoms with van der Waals surface area (Å²) in [6, 6.07) is 1.84. The van der Waals surface area contributed by atoms with Crippen LogP contribution in [0.25, 0.3) is 0 Å². The summed E-state index contributed by atoms with van der Waals surface area (Å²) in [6.45, 7) is 8.26. The second kappa shape index (κ2) is 4.13. The summed E-state index contributed by atoms with van der Waals surface area (Å²) in [6.07, 6.45) is 1.81. The van der Waals surface area contributed by atoms with Crippen molar-refractivity contribution >= 4 is 5.97 Å². The predicted molar refractivity (Wildman–Crippen MR) is 55.4 cm³/mol. The second-order valence-electron chi connectivity index (χ2n) is 3.18. The number of hydrogen-bond donors (Lipinski definition) is 0. The molecule has 1 aromatic rings. The number of methoxy groups -OCH3 is 1. The molecule has 0 saturated carbocycles. The summed E-state index contributed by atoms with van der Waals surface area (Å²) in [5.41, 5.74) is 2.60. The zero-order valence-corrected chi connectivity index (χ0v) is 8.83. The van der Waals surface area contributed by atoms with Gasteiger partial charge in [-0.05, 0) is 19.9 Å². The number of rotatable bonds is 3. The van der Waals surface area contributed by atoms with Crippen molar-refractivity contribution in [3.8, 4) is 0 Å². The van der Waals surface area contributed by atoms with Gasteiger partial charge in [-0.2, -0.15) is 0 Å². The van der Waals surface area contributed by atoms with Crippen molar-refractivity contribution in [3.63, 3.8) is 0 Å². The quantitative estimate of drug-likeness (QED) is 0.543. The minimum absolute atomic E-state index is 0.284.